The molecule has 1 aliphatic rings. The van der Waals surface area contributed by atoms with Crippen LogP contribution in [0.4, 0.5) is 0 Å². The van der Waals surface area contributed by atoms with Crippen LogP contribution >= 0.6 is 18.8 Å². The van der Waals surface area contributed by atoms with Gasteiger partial charge in [-0.2, -0.15) is 0 Å². The summed E-state index contributed by atoms with van der Waals surface area (Å²) in [7, 11) is 10.1. The molecule has 4 N–H and O–H groups in total. The molecule has 0 saturated heterocycles. The molecule has 0 atom stereocenters. The fourth-order valence-electron chi connectivity index (χ4n) is 1.06. The average molecular weight is 382 g/mol. The second kappa shape index (κ2) is 6.68. The van der Waals surface area contributed by atoms with Crippen LogP contribution in [0.5, 0.6) is 0 Å². The number of nitrogens with two attached hydrogens (primary N) is 2. The minimum atomic E-state index is -3.00. The van der Waals surface area contributed by atoms with Gasteiger partial charge in [-0.15, -0.1) is 0 Å². The van der Waals surface area contributed by atoms with E-state index in [-0.39, 0.29) is 0 Å². The second-order valence-corrected chi connectivity index (χ2v) is 13.1. The molecule has 2 nitrogen and oxygen atoms in total. The summed E-state index contributed by atoms with van der Waals surface area (Å²) in [5.74, 6) is 0. The molecule has 1 saturated carbocycles. The zero-order valence-electron chi connectivity index (χ0n) is 6.47. The van der Waals surface area contributed by atoms with Gasteiger partial charge in [0.25, 0.3) is 0 Å². The molecular formula is C6H16Cl2N2Pt. The van der Waals surface area contributed by atoms with E-state index in [0.717, 1.165) is 0 Å². The Kier molecular flexibility index (Phi) is 7.40. The topological polar surface area (TPSA) is 52.0 Å². The van der Waals surface area contributed by atoms with Crippen LogP contribution in [-0.2, 0) is 14.5 Å². The molecule has 0 radical (unpaired) electrons. The maximum absolute atomic E-state index is 5.03. The maximum atomic E-state index is 5.03. The summed E-state index contributed by atoms with van der Waals surface area (Å²) >= 11 is -3.00. The quantitative estimate of drug-likeness (QED) is 0.677. The fraction of sp³-hybridized carbons (Fsp3) is 1.00. The van der Waals surface area contributed by atoms with Crippen LogP contribution in [0.1, 0.15) is 38.5 Å². The van der Waals surface area contributed by atoms with Gasteiger partial charge in [0.05, 0.1) is 0 Å². The van der Waals surface area contributed by atoms with Crippen molar-refractivity contribution >= 4 is 18.8 Å². The van der Waals surface area contributed by atoms with Crippen molar-refractivity contribution < 1.29 is 14.5 Å². The molecule has 0 heterocycles. The molecule has 1 fully saturated rings. The van der Waals surface area contributed by atoms with Crippen molar-refractivity contribution in [3.63, 3.8) is 0 Å². The van der Waals surface area contributed by atoms with Gasteiger partial charge < -0.3 is 0 Å². The molecule has 0 amide bonds. The van der Waals surface area contributed by atoms with Crippen molar-refractivity contribution in [2.45, 2.75) is 38.5 Å². The van der Waals surface area contributed by atoms with Crippen LogP contribution in [0.3, 0.4) is 0 Å². The van der Waals surface area contributed by atoms with Gasteiger partial charge in [0.15, 0.2) is 0 Å². The van der Waals surface area contributed by atoms with Crippen molar-refractivity contribution in [2.24, 2.45) is 8.58 Å². The van der Waals surface area contributed by atoms with Crippen LogP contribution < -0.4 is 8.58 Å². The first-order valence-electron chi connectivity index (χ1n) is 3.60. The van der Waals surface area contributed by atoms with Gasteiger partial charge in [0.2, 0.25) is 0 Å². The van der Waals surface area contributed by atoms with Crippen molar-refractivity contribution in [1.29, 1.82) is 0 Å². The van der Waals surface area contributed by atoms with E-state index in [0.29, 0.717) is 0 Å². The molecule has 5 heteroatoms. The molecule has 0 aromatic heterocycles. The number of hydrogen-bond donors (Lipinski definition) is 2. The second-order valence-electron chi connectivity index (χ2n) is 2.55. The summed E-state index contributed by atoms with van der Waals surface area (Å²) in [5, 5.41) is 0. The van der Waals surface area contributed by atoms with E-state index in [1.165, 1.54) is 38.5 Å². The average Bonchev–Trinajstić information content (AvgIpc) is 1.88. The molecular weight excluding hydrogens is 366 g/mol. The van der Waals surface area contributed by atoms with Crippen LogP contribution in [0.15, 0.2) is 0 Å². The van der Waals surface area contributed by atoms with Gasteiger partial charge in [-0.3, -0.25) is 0 Å². The van der Waals surface area contributed by atoms with E-state index in [1.807, 2.05) is 0 Å². The Bertz CT molecular complexity index is 73.6. The van der Waals surface area contributed by atoms with Gasteiger partial charge in [-0.1, -0.05) is 38.5 Å². The van der Waals surface area contributed by atoms with Crippen LogP contribution in [0.2, 0.25) is 0 Å². The Morgan fingerprint density at radius 3 is 0.909 bits per heavy atom. The Hall–Kier alpha value is 1.19. The molecule has 0 aromatic rings. The third-order valence-corrected chi connectivity index (χ3v) is 1.50. The molecule has 1 aliphatic carbocycles. The third-order valence-electron chi connectivity index (χ3n) is 1.50. The number of halogens is 2. The zero-order valence-corrected chi connectivity index (χ0v) is 10.3. The van der Waals surface area contributed by atoms with E-state index in [4.69, 9.17) is 27.4 Å². The van der Waals surface area contributed by atoms with Crippen LogP contribution in [0.25, 0.3) is 0 Å². The predicted octanol–water partition coefficient (Wildman–Crippen LogP) is 2.54. The Morgan fingerprint density at radius 1 is 0.727 bits per heavy atom. The fourth-order valence-corrected chi connectivity index (χ4v) is 1.06. The summed E-state index contributed by atoms with van der Waals surface area (Å²) in [4.78, 5) is 0. The van der Waals surface area contributed by atoms with Gasteiger partial charge in [-0.25, -0.2) is 0 Å². The van der Waals surface area contributed by atoms with Gasteiger partial charge in [0.1, 0.15) is 0 Å². The monoisotopic (exact) mass is 381 g/mol. The van der Waals surface area contributed by atoms with Crippen molar-refractivity contribution in [2.75, 3.05) is 0 Å². The normalized spacial score (nSPS) is 20.0. The summed E-state index contributed by atoms with van der Waals surface area (Å²) in [6.45, 7) is 0. The third kappa shape index (κ3) is 18.3. The van der Waals surface area contributed by atoms with Gasteiger partial charge in [-0.05, 0) is 0 Å². The summed E-state index contributed by atoms with van der Waals surface area (Å²) in [6.07, 6.45) is 9.00. The first-order valence-corrected chi connectivity index (χ1v) is 11.9. The molecule has 0 bridgehead atoms. The van der Waals surface area contributed by atoms with Crippen molar-refractivity contribution in [1.82, 2.24) is 0 Å². The van der Waals surface area contributed by atoms with E-state index in [1.54, 1.807) is 0 Å². The molecule has 0 spiro atoms. The van der Waals surface area contributed by atoms with E-state index >= 15 is 0 Å². The zero-order chi connectivity index (χ0) is 8.74. The standard InChI is InChI=1S/C6H12.2ClH.2H2N.Pt/c1-2-4-6-5-3-1;;;;;/h1-6H2;2*1H;2*1H2;/q;;;2*-1;+4/p-2. The summed E-state index contributed by atoms with van der Waals surface area (Å²) < 4.78 is 9.69. The Balaban J connectivity index is 0.000000187. The molecule has 0 unspecified atom stereocenters. The first kappa shape index (κ1) is 12.2. The first-order chi connectivity index (χ1) is 5.00. The minimum absolute atomic E-state index is 1.50. The SMILES string of the molecule is C1CCCCC1.[NH2][Pt]([NH2])([Cl])[Cl]. The molecule has 11 heavy (non-hydrogen) atoms. The van der Waals surface area contributed by atoms with Gasteiger partial charge >= 0.3 is 41.9 Å². The molecule has 74 valence electrons. The van der Waals surface area contributed by atoms with E-state index in [9.17, 15) is 0 Å². The number of rotatable bonds is 0. The van der Waals surface area contributed by atoms with E-state index in [2.05, 4.69) is 0 Å². The van der Waals surface area contributed by atoms with E-state index < -0.39 is 14.5 Å². The molecule has 0 aliphatic heterocycles. The van der Waals surface area contributed by atoms with Crippen LogP contribution in [-0.4, -0.2) is 0 Å². The Morgan fingerprint density at radius 2 is 0.818 bits per heavy atom. The van der Waals surface area contributed by atoms with Crippen LogP contribution in [0, 0.1) is 0 Å². The summed E-state index contributed by atoms with van der Waals surface area (Å²) in [6, 6.07) is 0. The molecule has 1 rings (SSSR count). The summed E-state index contributed by atoms with van der Waals surface area (Å²) in [5.41, 5.74) is 0. The van der Waals surface area contributed by atoms with Gasteiger partial charge in [0, 0.05) is 0 Å². The predicted molar refractivity (Wildman–Crippen MR) is 47.8 cm³/mol. The Labute approximate surface area is 80.2 Å². The van der Waals surface area contributed by atoms with Crippen molar-refractivity contribution in [3.05, 3.63) is 0 Å². The number of hydrogen-bond acceptors (Lipinski definition) is 2. The molecule has 0 aromatic carbocycles. The van der Waals surface area contributed by atoms with Crippen molar-refractivity contribution in [3.8, 4) is 0 Å².